The number of nitrogens with one attached hydrogen (secondary N) is 1. The number of hydrogen-bond acceptors (Lipinski definition) is 2. The zero-order chi connectivity index (χ0) is 9.23. The van der Waals surface area contributed by atoms with Crippen LogP contribution in [0.15, 0.2) is 0 Å². The minimum Gasteiger partial charge on any atom is -0.379 e. The Kier molecular flexibility index (Phi) is 16.5. The van der Waals surface area contributed by atoms with Crippen molar-refractivity contribution in [2.24, 2.45) is 0 Å². The fourth-order valence-corrected chi connectivity index (χ4v) is 1.38. The summed E-state index contributed by atoms with van der Waals surface area (Å²) in [6.07, 6.45) is 0. The van der Waals surface area contributed by atoms with Crippen molar-refractivity contribution < 1.29 is 4.74 Å². The second-order valence-corrected chi connectivity index (χ2v) is 7.46. The zero-order valence-electron chi connectivity index (χ0n) is 8.51. The highest BCUT2D eigenvalue weighted by Crippen LogP contribution is 2.00. The van der Waals surface area contributed by atoms with Crippen molar-refractivity contribution in [1.29, 1.82) is 0 Å². The lowest BCUT2D eigenvalue weighted by molar-refractivity contribution is 0.109. The average molecular weight is 244 g/mol. The van der Waals surface area contributed by atoms with Gasteiger partial charge in [-0.05, 0) is 0 Å². The third-order valence-corrected chi connectivity index (χ3v) is 5.36. The summed E-state index contributed by atoms with van der Waals surface area (Å²) >= 11 is -0.688. The molecule has 80 valence electrons. The van der Waals surface area contributed by atoms with Gasteiger partial charge in [-0.15, -0.1) is 12.4 Å². The maximum Gasteiger partial charge on any atom is 0.399 e. The van der Waals surface area contributed by atoms with Crippen LogP contribution in [0.2, 0.25) is 10.6 Å². The molecule has 0 bridgehead atoms. The number of halogens is 2. The van der Waals surface area contributed by atoms with Gasteiger partial charge in [0.25, 0.3) is 0 Å². The standard InChI is InChI=1S/C4H9NO.2C2H5.Al.2ClH/c1-3-6-4-2-5-1;2*1-2;;;/h5H,1-4H2;2*1H2,2H3;;2*1H/q;;;+1;;/p-1. The van der Waals surface area contributed by atoms with E-state index in [1.165, 1.54) is 10.6 Å². The molecule has 2 nitrogen and oxygen atoms in total. The van der Waals surface area contributed by atoms with E-state index in [4.69, 9.17) is 14.8 Å². The van der Waals surface area contributed by atoms with Gasteiger partial charge in [0.05, 0.1) is 13.2 Å². The first-order valence-electron chi connectivity index (χ1n) is 4.73. The van der Waals surface area contributed by atoms with Crippen molar-refractivity contribution >= 4 is 35.7 Å². The number of rotatable bonds is 2. The van der Waals surface area contributed by atoms with E-state index in [-0.39, 0.29) is 12.4 Å². The van der Waals surface area contributed by atoms with Gasteiger partial charge in [0.1, 0.15) is 0 Å². The Morgan fingerprint density at radius 2 is 1.69 bits per heavy atom. The summed E-state index contributed by atoms with van der Waals surface area (Å²) in [5.41, 5.74) is 0. The number of hydrogen-bond donors (Lipinski definition) is 1. The first kappa shape index (κ1) is 16.5. The summed E-state index contributed by atoms with van der Waals surface area (Å²) in [6, 6.07) is 0. The van der Waals surface area contributed by atoms with Crippen molar-refractivity contribution in [2.45, 2.75) is 24.4 Å². The van der Waals surface area contributed by atoms with E-state index < -0.39 is 13.2 Å². The Morgan fingerprint density at radius 3 is 1.77 bits per heavy atom. The molecule has 0 saturated carbocycles. The van der Waals surface area contributed by atoms with Gasteiger partial charge in [-0.1, -0.05) is 24.4 Å². The lowest BCUT2D eigenvalue weighted by atomic mass is 10.5. The molecule has 1 heterocycles. The van der Waals surface area contributed by atoms with Gasteiger partial charge in [0, 0.05) is 13.1 Å². The summed E-state index contributed by atoms with van der Waals surface area (Å²) in [5, 5.41) is 5.63. The van der Waals surface area contributed by atoms with Gasteiger partial charge >= 0.3 is 13.2 Å². The molecule has 1 fully saturated rings. The van der Waals surface area contributed by atoms with Crippen LogP contribution in [0.4, 0.5) is 0 Å². The number of ether oxygens (including phenoxy) is 1. The third-order valence-electron chi connectivity index (χ3n) is 1.73. The lowest BCUT2D eigenvalue weighted by Crippen LogP contribution is -2.30. The predicted molar refractivity (Wildman–Crippen MR) is 63.5 cm³/mol. The summed E-state index contributed by atoms with van der Waals surface area (Å²) in [5.74, 6) is 0. The van der Waals surface area contributed by atoms with Crippen LogP contribution in [0, 0.1) is 0 Å². The molecule has 0 amide bonds. The molecule has 0 radical (unpaired) electrons. The normalized spacial score (nSPS) is 15.0. The van der Waals surface area contributed by atoms with Crippen LogP contribution < -0.4 is 5.32 Å². The summed E-state index contributed by atoms with van der Waals surface area (Å²) in [6.45, 7) is 8.15. The second-order valence-electron chi connectivity index (χ2n) is 2.78. The highest BCUT2D eigenvalue weighted by molar-refractivity contribution is 7.06. The molecule has 0 unspecified atom stereocenters. The van der Waals surface area contributed by atoms with Crippen LogP contribution >= 0.6 is 22.5 Å². The molecule has 5 heteroatoms. The van der Waals surface area contributed by atoms with Crippen LogP contribution in [0.25, 0.3) is 0 Å². The van der Waals surface area contributed by atoms with Gasteiger partial charge in [-0.2, -0.15) is 0 Å². The van der Waals surface area contributed by atoms with Crippen LogP contribution in [-0.2, 0) is 4.74 Å². The van der Waals surface area contributed by atoms with Crippen LogP contribution in [0.3, 0.4) is 0 Å². The Bertz CT molecular complexity index is 78.7. The molecule has 1 aliphatic rings. The lowest BCUT2D eigenvalue weighted by Gasteiger charge is -2.10. The van der Waals surface area contributed by atoms with Crippen molar-refractivity contribution in [3.8, 4) is 0 Å². The molecular formula is C8H20AlCl2NO. The molecule has 0 aliphatic carbocycles. The molecule has 1 N–H and O–H groups in total. The molecule has 0 aromatic rings. The average Bonchev–Trinajstić information content (AvgIpc) is 2.20. The molecule has 1 rings (SSSR count). The van der Waals surface area contributed by atoms with E-state index in [0.717, 1.165) is 26.3 Å². The van der Waals surface area contributed by atoms with Gasteiger partial charge in [-0.25, -0.2) is 0 Å². The van der Waals surface area contributed by atoms with Crippen LogP contribution in [0.5, 0.6) is 0 Å². The SMILES string of the molecule is C1COCCN1.C[CH2][Al]([Cl])[CH2]C.Cl. The highest BCUT2D eigenvalue weighted by Gasteiger charge is 2.04. The van der Waals surface area contributed by atoms with E-state index in [0.29, 0.717) is 0 Å². The summed E-state index contributed by atoms with van der Waals surface area (Å²) < 4.78 is 5.01. The minimum atomic E-state index is -0.688. The summed E-state index contributed by atoms with van der Waals surface area (Å²) in [7, 11) is 5.79. The Labute approximate surface area is 96.4 Å². The van der Waals surface area contributed by atoms with Crippen molar-refractivity contribution in [2.75, 3.05) is 26.3 Å². The molecule has 0 aromatic heterocycles. The molecule has 13 heavy (non-hydrogen) atoms. The fraction of sp³-hybridized carbons (Fsp3) is 1.00. The van der Waals surface area contributed by atoms with E-state index >= 15 is 0 Å². The maximum atomic E-state index is 5.79. The van der Waals surface area contributed by atoms with Crippen LogP contribution in [-0.4, -0.2) is 39.5 Å². The second kappa shape index (κ2) is 13.0. The Morgan fingerprint density at radius 1 is 1.23 bits per heavy atom. The molecule has 0 aromatic carbocycles. The van der Waals surface area contributed by atoms with Gasteiger partial charge in [0.15, 0.2) is 0 Å². The smallest absolute Gasteiger partial charge is 0.379 e. The minimum absolute atomic E-state index is 0. The zero-order valence-corrected chi connectivity index (χ0v) is 11.2. The molecule has 1 saturated heterocycles. The molecule has 0 spiro atoms. The van der Waals surface area contributed by atoms with E-state index in [1.54, 1.807) is 0 Å². The van der Waals surface area contributed by atoms with Crippen LogP contribution in [0.1, 0.15) is 13.8 Å². The molecule has 0 atom stereocenters. The van der Waals surface area contributed by atoms with Crippen molar-refractivity contribution in [3.63, 3.8) is 0 Å². The van der Waals surface area contributed by atoms with Crippen molar-refractivity contribution in [3.05, 3.63) is 0 Å². The maximum absolute atomic E-state index is 5.79. The predicted octanol–water partition coefficient (Wildman–Crippen LogP) is 2.28. The quantitative estimate of drug-likeness (QED) is 0.752. The highest BCUT2D eigenvalue weighted by atomic mass is 35.6. The summed E-state index contributed by atoms with van der Waals surface area (Å²) in [4.78, 5) is 0. The largest absolute Gasteiger partial charge is 0.399 e. The van der Waals surface area contributed by atoms with Gasteiger partial charge in [-0.3, -0.25) is 10.0 Å². The molecule has 1 aliphatic heterocycles. The first-order chi connectivity index (χ1) is 5.81. The monoisotopic (exact) mass is 243 g/mol. The number of morpholine rings is 1. The Balaban J connectivity index is 0. The Hall–Kier alpha value is 1.03. The van der Waals surface area contributed by atoms with Gasteiger partial charge in [0.2, 0.25) is 0 Å². The molecular weight excluding hydrogens is 224 g/mol. The first-order valence-corrected chi connectivity index (χ1v) is 8.11. The third kappa shape index (κ3) is 13.0. The van der Waals surface area contributed by atoms with E-state index in [2.05, 4.69) is 19.2 Å². The van der Waals surface area contributed by atoms with Gasteiger partial charge < -0.3 is 10.1 Å². The van der Waals surface area contributed by atoms with E-state index in [9.17, 15) is 0 Å². The fourth-order valence-electron chi connectivity index (χ4n) is 0.804. The van der Waals surface area contributed by atoms with Crippen molar-refractivity contribution in [1.82, 2.24) is 5.32 Å². The topological polar surface area (TPSA) is 21.3 Å². The van der Waals surface area contributed by atoms with E-state index in [1.807, 2.05) is 0 Å².